The van der Waals surface area contributed by atoms with Crippen LogP contribution in [0.4, 0.5) is 5.69 Å². The number of non-ortho nitro benzene ring substituents is 1. The van der Waals surface area contributed by atoms with Crippen molar-refractivity contribution in [2.75, 3.05) is 6.54 Å². The maximum atomic E-state index is 12.0. The third kappa shape index (κ3) is 3.44. The summed E-state index contributed by atoms with van der Waals surface area (Å²) in [7, 11) is 0. The second-order valence-electron chi connectivity index (χ2n) is 4.71. The fourth-order valence-electron chi connectivity index (χ4n) is 2.29. The molecule has 1 aromatic rings. The summed E-state index contributed by atoms with van der Waals surface area (Å²) in [6.45, 7) is 0.412. The topological polar surface area (TPSA) is 101 Å². The average molecular weight is 290 g/mol. The van der Waals surface area contributed by atoms with E-state index in [9.17, 15) is 19.7 Å². The molecule has 1 aliphatic heterocycles. The van der Waals surface area contributed by atoms with Crippen LogP contribution in [0, 0.1) is 10.1 Å². The highest BCUT2D eigenvalue weighted by Crippen LogP contribution is 2.19. The zero-order valence-electron chi connectivity index (χ0n) is 11.1. The lowest BCUT2D eigenvalue weighted by atomic mass is 10.2. The molecule has 1 aromatic carbocycles. The monoisotopic (exact) mass is 290 g/mol. The van der Waals surface area contributed by atoms with Gasteiger partial charge in [0.25, 0.3) is 5.69 Å². The number of likely N-dealkylation sites (tertiary alicyclic amines) is 1. The molecule has 1 atom stereocenters. The number of nitro benzene ring substituents is 1. The van der Waals surface area contributed by atoms with Crippen LogP contribution in [0.3, 0.4) is 0 Å². The molecule has 1 fully saturated rings. The number of carboxylic acid groups (broad SMARTS) is 1. The molecule has 0 aromatic heterocycles. The minimum atomic E-state index is -1.01. The van der Waals surface area contributed by atoms with Gasteiger partial charge in [-0.3, -0.25) is 14.9 Å². The Hall–Kier alpha value is -2.70. The van der Waals surface area contributed by atoms with Gasteiger partial charge in [0.2, 0.25) is 5.91 Å². The Bertz CT molecular complexity index is 611. The van der Waals surface area contributed by atoms with Crippen molar-refractivity contribution < 1.29 is 19.6 Å². The zero-order valence-corrected chi connectivity index (χ0v) is 11.1. The molecule has 1 saturated heterocycles. The van der Waals surface area contributed by atoms with Gasteiger partial charge in [0, 0.05) is 24.8 Å². The largest absolute Gasteiger partial charge is 0.480 e. The van der Waals surface area contributed by atoms with Gasteiger partial charge in [-0.05, 0) is 24.5 Å². The average Bonchev–Trinajstić information content (AvgIpc) is 2.94. The number of carboxylic acids is 1. The van der Waals surface area contributed by atoms with Crippen LogP contribution in [0.2, 0.25) is 0 Å². The molecular formula is C14H14N2O5. The molecule has 1 unspecified atom stereocenters. The van der Waals surface area contributed by atoms with Gasteiger partial charge in [-0.2, -0.15) is 0 Å². The molecule has 1 N–H and O–H groups in total. The Morgan fingerprint density at radius 2 is 2.19 bits per heavy atom. The summed E-state index contributed by atoms with van der Waals surface area (Å²) < 4.78 is 0. The van der Waals surface area contributed by atoms with E-state index >= 15 is 0 Å². The Morgan fingerprint density at radius 1 is 1.43 bits per heavy atom. The molecule has 2 rings (SSSR count). The number of carbonyl (C=O) groups excluding carboxylic acids is 1. The zero-order chi connectivity index (χ0) is 15.4. The van der Waals surface area contributed by atoms with Crippen molar-refractivity contribution in [3.05, 3.63) is 46.0 Å². The quantitative estimate of drug-likeness (QED) is 0.516. The number of nitro groups is 1. The number of rotatable bonds is 4. The van der Waals surface area contributed by atoms with Crippen LogP contribution in [0.5, 0.6) is 0 Å². The number of nitrogens with zero attached hydrogens (tertiary/aromatic N) is 2. The lowest BCUT2D eigenvalue weighted by molar-refractivity contribution is -0.384. The van der Waals surface area contributed by atoms with Gasteiger partial charge < -0.3 is 10.0 Å². The highest BCUT2D eigenvalue weighted by atomic mass is 16.6. The van der Waals surface area contributed by atoms with Crippen LogP contribution in [-0.4, -0.2) is 39.4 Å². The van der Waals surface area contributed by atoms with E-state index in [0.717, 1.165) is 0 Å². The van der Waals surface area contributed by atoms with Gasteiger partial charge in [-0.1, -0.05) is 12.1 Å². The number of hydrogen-bond donors (Lipinski definition) is 1. The van der Waals surface area contributed by atoms with E-state index in [-0.39, 0.29) is 5.69 Å². The van der Waals surface area contributed by atoms with E-state index < -0.39 is 22.8 Å². The molecule has 0 aliphatic carbocycles. The SMILES string of the molecule is O=C(O)C1CCCN1C(=O)/C=C/c1cccc([N+](=O)[O-])c1. The highest BCUT2D eigenvalue weighted by Gasteiger charge is 2.32. The van der Waals surface area contributed by atoms with Crippen molar-refractivity contribution in [2.45, 2.75) is 18.9 Å². The highest BCUT2D eigenvalue weighted by molar-refractivity contribution is 5.94. The van der Waals surface area contributed by atoms with Gasteiger partial charge in [0.15, 0.2) is 0 Å². The van der Waals surface area contributed by atoms with E-state index in [1.165, 1.54) is 35.3 Å². The lowest BCUT2D eigenvalue weighted by Gasteiger charge is -2.19. The van der Waals surface area contributed by atoms with Crippen molar-refractivity contribution in [3.63, 3.8) is 0 Å². The molecule has 110 valence electrons. The van der Waals surface area contributed by atoms with Gasteiger partial charge in [0.1, 0.15) is 6.04 Å². The summed E-state index contributed by atoms with van der Waals surface area (Å²) in [4.78, 5) is 34.5. The second-order valence-corrected chi connectivity index (χ2v) is 4.71. The molecule has 0 spiro atoms. The first kappa shape index (κ1) is 14.7. The number of aliphatic carboxylic acids is 1. The smallest absolute Gasteiger partial charge is 0.326 e. The van der Waals surface area contributed by atoms with E-state index in [2.05, 4.69) is 0 Å². The molecule has 0 radical (unpaired) electrons. The minimum absolute atomic E-state index is 0.0609. The normalized spacial score (nSPS) is 18.1. The Labute approximate surface area is 120 Å². The molecule has 21 heavy (non-hydrogen) atoms. The van der Waals surface area contributed by atoms with E-state index in [1.54, 1.807) is 6.07 Å². The van der Waals surface area contributed by atoms with Crippen LogP contribution in [-0.2, 0) is 9.59 Å². The third-order valence-electron chi connectivity index (χ3n) is 3.32. The van der Waals surface area contributed by atoms with Gasteiger partial charge in [0.05, 0.1) is 4.92 Å². The van der Waals surface area contributed by atoms with E-state index in [0.29, 0.717) is 24.9 Å². The molecule has 7 heteroatoms. The van der Waals surface area contributed by atoms with Crippen LogP contribution in [0.1, 0.15) is 18.4 Å². The van der Waals surface area contributed by atoms with Gasteiger partial charge in [-0.15, -0.1) is 0 Å². The summed E-state index contributed by atoms with van der Waals surface area (Å²) in [5.41, 5.74) is 0.456. The number of hydrogen-bond acceptors (Lipinski definition) is 4. The number of carbonyl (C=O) groups is 2. The molecule has 0 saturated carbocycles. The Balaban J connectivity index is 2.10. The van der Waals surface area contributed by atoms with Crippen molar-refractivity contribution in [1.82, 2.24) is 4.90 Å². The molecule has 0 bridgehead atoms. The van der Waals surface area contributed by atoms with Crippen molar-refractivity contribution in [3.8, 4) is 0 Å². The molecule has 1 amide bonds. The van der Waals surface area contributed by atoms with Crippen molar-refractivity contribution in [2.24, 2.45) is 0 Å². The summed E-state index contributed by atoms with van der Waals surface area (Å²) in [5, 5.41) is 19.7. The predicted octanol–water partition coefficient (Wildman–Crippen LogP) is 1.68. The van der Waals surface area contributed by atoms with Crippen LogP contribution in [0.25, 0.3) is 6.08 Å². The number of amides is 1. The first-order valence-electron chi connectivity index (χ1n) is 6.45. The second kappa shape index (κ2) is 6.17. The first-order chi connectivity index (χ1) is 9.99. The van der Waals surface area contributed by atoms with Gasteiger partial charge in [-0.25, -0.2) is 4.79 Å². The molecule has 7 nitrogen and oxygen atoms in total. The first-order valence-corrected chi connectivity index (χ1v) is 6.45. The molecule has 1 heterocycles. The maximum Gasteiger partial charge on any atom is 0.326 e. The third-order valence-corrected chi connectivity index (χ3v) is 3.32. The fraction of sp³-hybridized carbons (Fsp3) is 0.286. The molecule has 1 aliphatic rings. The van der Waals surface area contributed by atoms with E-state index in [4.69, 9.17) is 5.11 Å². The molecular weight excluding hydrogens is 276 g/mol. The maximum absolute atomic E-state index is 12.0. The van der Waals surface area contributed by atoms with Crippen LogP contribution in [0.15, 0.2) is 30.3 Å². The Kier molecular flexibility index (Phi) is 4.32. The summed E-state index contributed by atoms with van der Waals surface area (Å²) >= 11 is 0. The minimum Gasteiger partial charge on any atom is -0.480 e. The van der Waals surface area contributed by atoms with Gasteiger partial charge >= 0.3 is 5.97 Å². The van der Waals surface area contributed by atoms with Crippen molar-refractivity contribution in [1.29, 1.82) is 0 Å². The fourth-order valence-corrected chi connectivity index (χ4v) is 2.29. The lowest BCUT2D eigenvalue weighted by Crippen LogP contribution is -2.39. The van der Waals surface area contributed by atoms with Crippen molar-refractivity contribution >= 4 is 23.6 Å². The Morgan fingerprint density at radius 3 is 2.86 bits per heavy atom. The standard InChI is InChI=1S/C14H14N2O5/c17-13(15-8-2-5-12(15)14(18)19)7-6-10-3-1-4-11(9-10)16(20)21/h1,3-4,6-7,9,12H,2,5,8H2,(H,18,19)/b7-6+. The van der Waals surface area contributed by atoms with E-state index in [1.807, 2.05) is 0 Å². The summed E-state index contributed by atoms with van der Waals surface area (Å²) in [5.74, 6) is -1.41. The predicted molar refractivity (Wildman–Crippen MR) is 74.5 cm³/mol. The van der Waals surface area contributed by atoms with Crippen LogP contribution >= 0.6 is 0 Å². The summed E-state index contributed by atoms with van der Waals surface area (Å²) in [6, 6.07) is 5.09. The summed E-state index contributed by atoms with van der Waals surface area (Å²) in [6.07, 6.45) is 3.81. The number of benzene rings is 1. The van der Waals surface area contributed by atoms with Crippen LogP contribution < -0.4 is 0 Å².